The van der Waals surface area contributed by atoms with Crippen LogP contribution in [0, 0.1) is 0 Å². The fraction of sp³-hybridized carbons (Fsp3) is 0.333. The van der Waals surface area contributed by atoms with Gasteiger partial charge in [0.15, 0.2) is 5.76 Å². The highest BCUT2D eigenvalue weighted by Crippen LogP contribution is 2.03. The molecule has 3 nitrogen and oxygen atoms in total. The second-order valence-electron chi connectivity index (χ2n) is 3.34. The lowest BCUT2D eigenvalue weighted by atomic mass is 10.1. The van der Waals surface area contributed by atoms with Gasteiger partial charge >= 0.3 is 0 Å². The predicted octanol–water partition coefficient (Wildman–Crippen LogP) is 2.78. The molecule has 0 aliphatic rings. The fourth-order valence-corrected chi connectivity index (χ4v) is 1.16. The summed E-state index contributed by atoms with van der Waals surface area (Å²) in [5, 5.41) is 0. The van der Waals surface area contributed by atoms with E-state index < -0.39 is 0 Å². The predicted molar refractivity (Wildman–Crippen MR) is 56.7 cm³/mol. The van der Waals surface area contributed by atoms with Gasteiger partial charge in [-0.05, 0) is 38.0 Å². The SMILES string of the molecule is CC(=O)CCC/C=C/C(=O)c1ccco1. The van der Waals surface area contributed by atoms with Gasteiger partial charge in [-0.15, -0.1) is 0 Å². The molecule has 1 heterocycles. The van der Waals surface area contributed by atoms with Crippen LogP contribution in [0.3, 0.4) is 0 Å². The lowest BCUT2D eigenvalue weighted by molar-refractivity contribution is -0.117. The second-order valence-corrected chi connectivity index (χ2v) is 3.34. The van der Waals surface area contributed by atoms with Crippen LogP contribution >= 0.6 is 0 Å². The first-order valence-electron chi connectivity index (χ1n) is 4.94. The zero-order valence-corrected chi connectivity index (χ0v) is 8.73. The molecule has 1 aromatic heterocycles. The minimum Gasteiger partial charge on any atom is -0.461 e. The van der Waals surface area contributed by atoms with Crippen LogP contribution in [0.15, 0.2) is 35.0 Å². The van der Waals surface area contributed by atoms with Gasteiger partial charge < -0.3 is 9.21 Å². The van der Waals surface area contributed by atoms with Gasteiger partial charge in [0.05, 0.1) is 6.26 Å². The molecule has 1 rings (SSSR count). The van der Waals surface area contributed by atoms with Crippen molar-refractivity contribution in [1.82, 2.24) is 0 Å². The Labute approximate surface area is 88.8 Å². The highest BCUT2D eigenvalue weighted by Gasteiger charge is 2.02. The number of Topliss-reactive ketones (excluding diaryl/α,β-unsaturated/α-hetero) is 1. The molecule has 0 amide bonds. The van der Waals surface area contributed by atoms with E-state index in [1.54, 1.807) is 25.1 Å². The lowest BCUT2D eigenvalue weighted by Crippen LogP contribution is -1.91. The number of carbonyl (C=O) groups is 2. The van der Waals surface area contributed by atoms with Crippen LogP contribution in [-0.2, 0) is 4.79 Å². The summed E-state index contributed by atoms with van der Waals surface area (Å²) in [5.74, 6) is 0.390. The zero-order chi connectivity index (χ0) is 11.1. The Kier molecular flexibility index (Phi) is 4.54. The van der Waals surface area contributed by atoms with Crippen LogP contribution in [0.2, 0.25) is 0 Å². The Bertz CT molecular complexity index is 347. The Balaban J connectivity index is 2.27. The molecule has 0 aromatic carbocycles. The van der Waals surface area contributed by atoms with E-state index in [-0.39, 0.29) is 11.6 Å². The standard InChI is InChI=1S/C12H14O3/c1-10(13)6-3-2-4-7-11(14)12-8-5-9-15-12/h4-5,7-9H,2-3,6H2,1H3/b7-4+. The quantitative estimate of drug-likeness (QED) is 0.408. The van der Waals surface area contributed by atoms with E-state index >= 15 is 0 Å². The number of carbonyl (C=O) groups excluding carboxylic acids is 2. The van der Waals surface area contributed by atoms with E-state index in [0.717, 1.165) is 12.8 Å². The molecule has 0 saturated carbocycles. The van der Waals surface area contributed by atoms with Crippen LogP contribution in [0.25, 0.3) is 0 Å². The smallest absolute Gasteiger partial charge is 0.220 e. The van der Waals surface area contributed by atoms with Crippen molar-refractivity contribution >= 4 is 11.6 Å². The van der Waals surface area contributed by atoms with Gasteiger partial charge in [0.25, 0.3) is 0 Å². The van der Waals surface area contributed by atoms with Gasteiger partial charge in [0, 0.05) is 6.42 Å². The van der Waals surface area contributed by atoms with E-state index in [9.17, 15) is 9.59 Å². The summed E-state index contributed by atoms with van der Waals surface area (Å²) in [6, 6.07) is 3.30. The van der Waals surface area contributed by atoms with Crippen molar-refractivity contribution in [3.8, 4) is 0 Å². The minimum atomic E-state index is -0.136. The van der Waals surface area contributed by atoms with Crippen molar-refractivity contribution in [2.45, 2.75) is 26.2 Å². The number of furan rings is 1. The summed E-state index contributed by atoms with van der Waals surface area (Å²) in [4.78, 5) is 22.0. The number of allylic oxidation sites excluding steroid dienone is 2. The average molecular weight is 206 g/mol. The van der Waals surface area contributed by atoms with Gasteiger partial charge in [-0.25, -0.2) is 0 Å². The normalized spacial score (nSPS) is 10.7. The van der Waals surface area contributed by atoms with Crippen molar-refractivity contribution in [3.63, 3.8) is 0 Å². The maximum atomic E-state index is 11.4. The second kappa shape index (κ2) is 5.96. The number of unbranched alkanes of at least 4 members (excludes halogenated alkanes) is 1. The van der Waals surface area contributed by atoms with Crippen LogP contribution in [0.5, 0.6) is 0 Å². The summed E-state index contributed by atoms with van der Waals surface area (Å²) < 4.78 is 4.94. The van der Waals surface area contributed by atoms with Crippen LogP contribution < -0.4 is 0 Å². The third-order valence-corrected chi connectivity index (χ3v) is 1.93. The van der Waals surface area contributed by atoms with Crippen molar-refractivity contribution in [1.29, 1.82) is 0 Å². The first-order valence-corrected chi connectivity index (χ1v) is 4.94. The molecular weight excluding hydrogens is 192 g/mol. The zero-order valence-electron chi connectivity index (χ0n) is 8.73. The Morgan fingerprint density at radius 2 is 2.27 bits per heavy atom. The van der Waals surface area contributed by atoms with Gasteiger partial charge in [-0.3, -0.25) is 4.79 Å². The lowest BCUT2D eigenvalue weighted by Gasteiger charge is -1.91. The molecule has 0 bridgehead atoms. The molecule has 80 valence electrons. The monoisotopic (exact) mass is 206 g/mol. The molecule has 3 heteroatoms. The fourth-order valence-electron chi connectivity index (χ4n) is 1.16. The van der Waals surface area contributed by atoms with Crippen molar-refractivity contribution < 1.29 is 14.0 Å². The Morgan fingerprint density at radius 1 is 1.47 bits per heavy atom. The molecule has 0 unspecified atom stereocenters. The van der Waals surface area contributed by atoms with Gasteiger partial charge in [0.2, 0.25) is 5.78 Å². The van der Waals surface area contributed by atoms with Gasteiger partial charge in [-0.1, -0.05) is 6.08 Å². The van der Waals surface area contributed by atoms with E-state index in [2.05, 4.69) is 0 Å². The van der Waals surface area contributed by atoms with E-state index in [1.165, 1.54) is 12.3 Å². The number of hydrogen-bond acceptors (Lipinski definition) is 3. The summed E-state index contributed by atoms with van der Waals surface area (Å²) in [5.41, 5.74) is 0. The summed E-state index contributed by atoms with van der Waals surface area (Å²) in [6.45, 7) is 1.57. The van der Waals surface area contributed by atoms with Crippen LogP contribution in [0.1, 0.15) is 36.7 Å². The topological polar surface area (TPSA) is 47.3 Å². The highest BCUT2D eigenvalue weighted by atomic mass is 16.3. The minimum absolute atomic E-state index is 0.136. The van der Waals surface area contributed by atoms with Crippen molar-refractivity contribution in [2.24, 2.45) is 0 Å². The number of ketones is 2. The first-order chi connectivity index (χ1) is 7.20. The van der Waals surface area contributed by atoms with Crippen molar-refractivity contribution in [2.75, 3.05) is 0 Å². The molecule has 0 aliphatic heterocycles. The van der Waals surface area contributed by atoms with Crippen LogP contribution in [-0.4, -0.2) is 11.6 Å². The van der Waals surface area contributed by atoms with Gasteiger partial charge in [-0.2, -0.15) is 0 Å². The molecule has 0 fully saturated rings. The molecule has 0 N–H and O–H groups in total. The number of hydrogen-bond donors (Lipinski definition) is 0. The maximum Gasteiger partial charge on any atom is 0.220 e. The Hall–Kier alpha value is -1.64. The molecule has 0 spiro atoms. The third kappa shape index (κ3) is 4.40. The third-order valence-electron chi connectivity index (χ3n) is 1.93. The molecule has 0 aliphatic carbocycles. The molecule has 1 aromatic rings. The molecule has 0 radical (unpaired) electrons. The first kappa shape index (κ1) is 11.4. The van der Waals surface area contributed by atoms with E-state index in [0.29, 0.717) is 12.2 Å². The number of rotatable bonds is 6. The summed E-state index contributed by atoms with van der Waals surface area (Å²) in [7, 11) is 0. The molecule has 15 heavy (non-hydrogen) atoms. The largest absolute Gasteiger partial charge is 0.461 e. The van der Waals surface area contributed by atoms with E-state index in [1.807, 2.05) is 0 Å². The average Bonchev–Trinajstić information content (AvgIpc) is 2.69. The van der Waals surface area contributed by atoms with Crippen LogP contribution in [0.4, 0.5) is 0 Å². The highest BCUT2D eigenvalue weighted by molar-refractivity contribution is 6.02. The van der Waals surface area contributed by atoms with Gasteiger partial charge in [0.1, 0.15) is 5.78 Å². The molecule has 0 saturated heterocycles. The van der Waals surface area contributed by atoms with Crippen molar-refractivity contribution in [3.05, 3.63) is 36.3 Å². The van der Waals surface area contributed by atoms with E-state index in [4.69, 9.17) is 4.42 Å². The Morgan fingerprint density at radius 3 is 2.87 bits per heavy atom. The summed E-state index contributed by atoms with van der Waals surface area (Å²) >= 11 is 0. The molecule has 0 atom stereocenters. The molecular formula is C12H14O3. The summed E-state index contributed by atoms with van der Waals surface area (Å²) in [6.07, 6.45) is 6.83. The maximum absolute atomic E-state index is 11.4.